The van der Waals surface area contributed by atoms with Gasteiger partial charge in [0, 0.05) is 16.8 Å². The largest absolute Gasteiger partial charge is 0.446 e. The molecule has 0 fully saturated rings. The maximum absolute atomic E-state index is 12.0. The lowest BCUT2D eigenvalue weighted by Gasteiger charge is -2.22. The van der Waals surface area contributed by atoms with E-state index in [0.717, 1.165) is 21.3 Å². The third-order valence-corrected chi connectivity index (χ3v) is 2.88. The lowest BCUT2D eigenvalue weighted by Crippen LogP contribution is -2.43. The minimum Gasteiger partial charge on any atom is -0.446 e. The van der Waals surface area contributed by atoms with Crippen LogP contribution in [-0.4, -0.2) is 28.8 Å². The molecule has 0 atom stereocenters. The molecule has 0 aliphatic heterocycles. The van der Waals surface area contributed by atoms with Gasteiger partial charge in [-0.15, -0.1) is 4.41 Å². The van der Waals surface area contributed by atoms with Crippen molar-refractivity contribution in [3.8, 4) is 0 Å². The second kappa shape index (κ2) is 8.41. The van der Waals surface area contributed by atoms with Gasteiger partial charge < -0.3 is 9.47 Å². The van der Waals surface area contributed by atoms with Crippen LogP contribution in [0.15, 0.2) is 35.2 Å². The first-order valence-corrected chi connectivity index (χ1v) is 7.37. The summed E-state index contributed by atoms with van der Waals surface area (Å²) < 4.78 is 11.1. The normalized spacial score (nSPS) is 10.4. The Morgan fingerprint density at radius 3 is 2.14 bits per heavy atom. The number of nitrogens with one attached hydrogen (secondary N) is 1. The number of rotatable bonds is 4. The number of amides is 2. The van der Waals surface area contributed by atoms with Crippen LogP contribution in [0, 0.1) is 0 Å². The highest BCUT2D eigenvalue weighted by Gasteiger charge is 2.21. The molecule has 0 saturated carbocycles. The Labute approximate surface area is 128 Å². The Hall–Kier alpha value is -1.89. The number of hydrogen-bond acceptors (Lipinski definition) is 5. The summed E-state index contributed by atoms with van der Waals surface area (Å²) in [4.78, 5) is 24.4. The summed E-state index contributed by atoms with van der Waals surface area (Å²) in [7, 11) is 0. The Bertz CT molecular complexity index is 465. The van der Waals surface area contributed by atoms with E-state index < -0.39 is 12.2 Å². The molecule has 7 heteroatoms. The van der Waals surface area contributed by atoms with Crippen LogP contribution in [0.25, 0.3) is 0 Å². The van der Waals surface area contributed by atoms with Crippen molar-refractivity contribution < 1.29 is 19.1 Å². The second-order valence-electron chi connectivity index (χ2n) is 4.70. The quantitative estimate of drug-likeness (QED) is 0.679. The van der Waals surface area contributed by atoms with Gasteiger partial charge in [0.05, 0.1) is 12.2 Å². The number of carbonyl (C=O) groups excluding carboxylic acids is 2. The maximum Gasteiger partial charge on any atom is 0.440 e. The molecular weight excluding hydrogens is 292 g/mol. The number of nitrogens with zero attached hydrogens (tertiary/aromatic N) is 1. The van der Waals surface area contributed by atoms with E-state index >= 15 is 0 Å². The molecule has 0 unspecified atom stereocenters. The van der Waals surface area contributed by atoms with Crippen LogP contribution in [0.5, 0.6) is 0 Å². The van der Waals surface area contributed by atoms with Gasteiger partial charge in [-0.1, -0.05) is 18.2 Å². The number of benzene rings is 1. The van der Waals surface area contributed by atoms with Crippen LogP contribution in [0.2, 0.25) is 0 Å². The SMILES string of the molecule is CC(C)OC(=O)NN(Sc1ccccc1)C(=O)OC(C)C. The minimum absolute atomic E-state index is 0.283. The first-order valence-electron chi connectivity index (χ1n) is 6.59. The zero-order valence-corrected chi connectivity index (χ0v) is 13.3. The fourth-order valence-corrected chi connectivity index (χ4v) is 1.99. The van der Waals surface area contributed by atoms with Gasteiger partial charge in [-0.25, -0.2) is 15.0 Å². The van der Waals surface area contributed by atoms with Crippen molar-refractivity contribution in [1.29, 1.82) is 0 Å². The Morgan fingerprint density at radius 2 is 1.62 bits per heavy atom. The van der Waals surface area contributed by atoms with Crippen molar-refractivity contribution in [1.82, 2.24) is 9.84 Å². The molecule has 0 aliphatic rings. The van der Waals surface area contributed by atoms with Gasteiger partial charge in [0.15, 0.2) is 0 Å². The van der Waals surface area contributed by atoms with Gasteiger partial charge in [-0.05, 0) is 39.8 Å². The van der Waals surface area contributed by atoms with Crippen molar-refractivity contribution in [3.05, 3.63) is 30.3 Å². The molecule has 1 aromatic rings. The van der Waals surface area contributed by atoms with Crippen LogP contribution in [-0.2, 0) is 9.47 Å². The molecule has 0 radical (unpaired) electrons. The molecule has 0 heterocycles. The van der Waals surface area contributed by atoms with Gasteiger partial charge in [-0.2, -0.15) is 0 Å². The van der Waals surface area contributed by atoms with Crippen molar-refractivity contribution in [2.45, 2.75) is 44.8 Å². The second-order valence-corrected chi connectivity index (χ2v) is 5.72. The van der Waals surface area contributed by atoms with E-state index in [1.54, 1.807) is 27.7 Å². The van der Waals surface area contributed by atoms with E-state index in [2.05, 4.69) is 5.43 Å². The molecule has 0 aliphatic carbocycles. The lowest BCUT2D eigenvalue weighted by molar-refractivity contribution is 0.0743. The summed E-state index contributed by atoms with van der Waals surface area (Å²) in [6.07, 6.45) is -1.96. The highest BCUT2D eigenvalue weighted by atomic mass is 32.2. The Kier molecular flexibility index (Phi) is 6.87. The molecule has 0 bridgehead atoms. The highest BCUT2D eigenvalue weighted by molar-refractivity contribution is 7.97. The molecule has 1 N–H and O–H groups in total. The van der Waals surface area contributed by atoms with Crippen molar-refractivity contribution >= 4 is 24.1 Å². The molecule has 6 nitrogen and oxygen atoms in total. The summed E-state index contributed by atoms with van der Waals surface area (Å²) in [6, 6.07) is 9.16. The summed E-state index contributed by atoms with van der Waals surface area (Å²) in [5.74, 6) is 0. The van der Waals surface area contributed by atoms with Crippen LogP contribution in [0.4, 0.5) is 9.59 Å². The highest BCUT2D eigenvalue weighted by Crippen LogP contribution is 2.21. The van der Waals surface area contributed by atoms with Gasteiger partial charge in [0.2, 0.25) is 0 Å². The van der Waals surface area contributed by atoms with Crippen LogP contribution >= 0.6 is 11.9 Å². The Balaban J connectivity index is 2.74. The number of carbonyl (C=O) groups is 2. The average molecular weight is 312 g/mol. The number of hydrazine groups is 1. The molecule has 116 valence electrons. The third kappa shape index (κ3) is 6.89. The van der Waals surface area contributed by atoms with Gasteiger partial charge in [-0.3, -0.25) is 0 Å². The fourth-order valence-electron chi connectivity index (χ4n) is 1.27. The fraction of sp³-hybridized carbons (Fsp3) is 0.429. The van der Waals surface area contributed by atoms with Crippen LogP contribution in [0.3, 0.4) is 0 Å². The molecule has 1 rings (SSSR count). The third-order valence-electron chi connectivity index (χ3n) is 1.98. The van der Waals surface area contributed by atoms with Crippen molar-refractivity contribution in [3.63, 3.8) is 0 Å². The summed E-state index contributed by atoms with van der Waals surface area (Å²) in [5, 5.41) is 0. The lowest BCUT2D eigenvalue weighted by atomic mass is 10.4. The van der Waals surface area contributed by atoms with E-state index in [1.807, 2.05) is 30.3 Å². The van der Waals surface area contributed by atoms with E-state index in [1.165, 1.54) is 0 Å². The predicted octanol–water partition coefficient (Wildman–Crippen LogP) is 3.59. The van der Waals surface area contributed by atoms with E-state index in [-0.39, 0.29) is 12.2 Å². The summed E-state index contributed by atoms with van der Waals surface area (Å²) in [6.45, 7) is 6.91. The zero-order valence-electron chi connectivity index (χ0n) is 12.5. The van der Waals surface area contributed by atoms with E-state index in [9.17, 15) is 9.59 Å². The first kappa shape index (κ1) is 17.2. The smallest absolute Gasteiger partial charge is 0.440 e. The number of hydrogen-bond donors (Lipinski definition) is 1. The maximum atomic E-state index is 12.0. The number of ether oxygens (including phenoxy) is 2. The zero-order chi connectivity index (χ0) is 15.8. The molecule has 0 spiro atoms. The predicted molar refractivity (Wildman–Crippen MR) is 80.5 cm³/mol. The Morgan fingerprint density at radius 1 is 1.05 bits per heavy atom. The van der Waals surface area contributed by atoms with Crippen molar-refractivity contribution in [2.24, 2.45) is 0 Å². The van der Waals surface area contributed by atoms with Gasteiger partial charge in [0.1, 0.15) is 0 Å². The van der Waals surface area contributed by atoms with Gasteiger partial charge in [0.25, 0.3) is 0 Å². The van der Waals surface area contributed by atoms with Crippen LogP contribution < -0.4 is 5.43 Å². The monoisotopic (exact) mass is 312 g/mol. The summed E-state index contributed by atoms with van der Waals surface area (Å²) >= 11 is 1.04. The van der Waals surface area contributed by atoms with E-state index in [0.29, 0.717) is 0 Å². The molecule has 0 saturated heterocycles. The summed E-state index contributed by atoms with van der Waals surface area (Å²) in [5.41, 5.74) is 2.36. The van der Waals surface area contributed by atoms with Gasteiger partial charge >= 0.3 is 12.2 Å². The molecular formula is C14H20N2O4S. The molecule has 0 aromatic heterocycles. The minimum atomic E-state index is -0.714. The van der Waals surface area contributed by atoms with E-state index in [4.69, 9.17) is 9.47 Å². The molecule has 1 aromatic carbocycles. The molecule has 2 amide bonds. The van der Waals surface area contributed by atoms with Crippen LogP contribution in [0.1, 0.15) is 27.7 Å². The topological polar surface area (TPSA) is 67.9 Å². The first-order chi connectivity index (χ1) is 9.88. The molecule has 21 heavy (non-hydrogen) atoms. The van der Waals surface area contributed by atoms with Crippen molar-refractivity contribution in [2.75, 3.05) is 0 Å². The standard InChI is InChI=1S/C14H20N2O4S/c1-10(2)19-13(17)15-16(14(18)20-11(3)4)21-12-8-6-5-7-9-12/h5-11H,1-4H3,(H,15,17). The average Bonchev–Trinajstić information content (AvgIpc) is 2.37.